The Hall–Kier alpha value is -2.36. The summed E-state index contributed by atoms with van der Waals surface area (Å²) in [5.41, 5.74) is 2.23. The number of hydrogen-bond acceptors (Lipinski definition) is 4. The van der Waals surface area contributed by atoms with Crippen LogP contribution in [0.5, 0.6) is 17.2 Å². The Kier molecular flexibility index (Phi) is 4.91. The van der Waals surface area contributed by atoms with Gasteiger partial charge in [-0.1, -0.05) is 26.0 Å². The maximum Gasteiger partial charge on any atom is 0.163 e. The highest BCUT2D eigenvalue weighted by atomic mass is 16.6. The maximum absolute atomic E-state index is 5.70. The van der Waals surface area contributed by atoms with E-state index in [0.29, 0.717) is 19.1 Å². The molecule has 0 saturated carbocycles. The molecule has 0 atom stereocenters. The lowest BCUT2D eigenvalue weighted by Crippen LogP contribution is -2.15. The molecule has 2 aromatic carbocycles. The molecule has 3 rings (SSSR count). The van der Waals surface area contributed by atoms with E-state index in [-0.39, 0.29) is 0 Å². The molecule has 0 unspecified atom stereocenters. The Morgan fingerprint density at radius 3 is 2.48 bits per heavy atom. The van der Waals surface area contributed by atoms with Crippen LogP contribution in [-0.2, 0) is 6.54 Å². The average molecular weight is 313 g/mol. The SMILES string of the molecule is CC(C)COc1ccc(CNc2ccc3c(c2)OCCO3)cc1. The molecule has 1 N–H and O–H groups in total. The summed E-state index contributed by atoms with van der Waals surface area (Å²) in [6, 6.07) is 14.1. The molecule has 0 saturated heterocycles. The number of anilines is 1. The van der Waals surface area contributed by atoms with Gasteiger partial charge in [0.15, 0.2) is 11.5 Å². The highest BCUT2D eigenvalue weighted by Gasteiger charge is 2.11. The van der Waals surface area contributed by atoms with Gasteiger partial charge in [-0.25, -0.2) is 0 Å². The summed E-state index contributed by atoms with van der Waals surface area (Å²) in [5, 5.41) is 3.40. The van der Waals surface area contributed by atoms with E-state index < -0.39 is 0 Å². The summed E-state index contributed by atoms with van der Waals surface area (Å²) in [6.07, 6.45) is 0. The van der Waals surface area contributed by atoms with Crippen molar-refractivity contribution in [2.75, 3.05) is 25.1 Å². The van der Waals surface area contributed by atoms with Gasteiger partial charge in [0, 0.05) is 18.3 Å². The van der Waals surface area contributed by atoms with E-state index in [1.807, 2.05) is 30.3 Å². The third-order valence-electron chi connectivity index (χ3n) is 3.55. The Labute approximate surface area is 137 Å². The molecule has 4 heteroatoms. The van der Waals surface area contributed by atoms with Crippen LogP contribution >= 0.6 is 0 Å². The van der Waals surface area contributed by atoms with Crippen molar-refractivity contribution >= 4 is 5.69 Å². The van der Waals surface area contributed by atoms with E-state index in [4.69, 9.17) is 14.2 Å². The van der Waals surface area contributed by atoms with Crippen LogP contribution in [0.2, 0.25) is 0 Å². The van der Waals surface area contributed by atoms with Crippen LogP contribution in [0.25, 0.3) is 0 Å². The largest absolute Gasteiger partial charge is 0.493 e. The molecule has 0 amide bonds. The second-order valence-corrected chi connectivity index (χ2v) is 6.06. The van der Waals surface area contributed by atoms with Gasteiger partial charge in [-0.05, 0) is 35.7 Å². The van der Waals surface area contributed by atoms with E-state index in [9.17, 15) is 0 Å². The molecular weight excluding hydrogens is 290 g/mol. The van der Waals surface area contributed by atoms with Gasteiger partial charge in [0.25, 0.3) is 0 Å². The van der Waals surface area contributed by atoms with Crippen LogP contribution in [0.3, 0.4) is 0 Å². The monoisotopic (exact) mass is 313 g/mol. The van der Waals surface area contributed by atoms with Crippen molar-refractivity contribution in [1.29, 1.82) is 0 Å². The molecule has 4 nitrogen and oxygen atoms in total. The quantitative estimate of drug-likeness (QED) is 0.871. The van der Waals surface area contributed by atoms with E-state index in [1.165, 1.54) is 5.56 Å². The van der Waals surface area contributed by atoms with Crippen molar-refractivity contribution in [2.24, 2.45) is 5.92 Å². The molecule has 1 heterocycles. The third-order valence-corrected chi connectivity index (χ3v) is 3.55. The predicted molar refractivity (Wildman–Crippen MR) is 91.5 cm³/mol. The van der Waals surface area contributed by atoms with Gasteiger partial charge < -0.3 is 19.5 Å². The molecule has 0 radical (unpaired) electrons. The molecule has 0 aliphatic carbocycles. The van der Waals surface area contributed by atoms with Crippen LogP contribution in [0, 0.1) is 5.92 Å². The molecule has 1 aliphatic heterocycles. The zero-order valence-electron chi connectivity index (χ0n) is 13.7. The summed E-state index contributed by atoms with van der Waals surface area (Å²) in [7, 11) is 0. The van der Waals surface area contributed by atoms with Crippen molar-refractivity contribution < 1.29 is 14.2 Å². The fraction of sp³-hybridized carbons (Fsp3) is 0.368. The number of rotatable bonds is 6. The number of benzene rings is 2. The van der Waals surface area contributed by atoms with E-state index in [0.717, 1.165) is 36.1 Å². The normalized spacial score (nSPS) is 13.0. The van der Waals surface area contributed by atoms with Crippen molar-refractivity contribution in [1.82, 2.24) is 0 Å². The summed E-state index contributed by atoms with van der Waals surface area (Å²) in [5.74, 6) is 3.07. The Balaban J connectivity index is 1.55. The van der Waals surface area contributed by atoms with Crippen LogP contribution < -0.4 is 19.5 Å². The van der Waals surface area contributed by atoms with Crippen molar-refractivity contribution in [2.45, 2.75) is 20.4 Å². The van der Waals surface area contributed by atoms with E-state index in [2.05, 4.69) is 31.3 Å². The second kappa shape index (κ2) is 7.27. The lowest BCUT2D eigenvalue weighted by Gasteiger charge is -2.19. The first-order valence-electron chi connectivity index (χ1n) is 8.06. The standard InChI is InChI=1S/C19H23NO3/c1-14(2)13-23-17-6-3-15(4-7-17)12-20-16-5-8-18-19(11-16)22-10-9-21-18/h3-8,11,14,20H,9-10,12-13H2,1-2H3. The van der Waals surface area contributed by atoms with Gasteiger partial charge in [0.1, 0.15) is 19.0 Å². The Morgan fingerprint density at radius 2 is 1.74 bits per heavy atom. The molecule has 2 aromatic rings. The number of nitrogens with one attached hydrogen (secondary N) is 1. The first kappa shape index (κ1) is 15.5. The smallest absolute Gasteiger partial charge is 0.163 e. The summed E-state index contributed by atoms with van der Waals surface area (Å²) < 4.78 is 16.8. The molecule has 122 valence electrons. The number of fused-ring (bicyclic) bond motifs is 1. The Bertz CT molecular complexity index is 638. The van der Waals surface area contributed by atoms with Gasteiger partial charge in [-0.15, -0.1) is 0 Å². The third kappa shape index (κ3) is 4.31. The number of hydrogen-bond donors (Lipinski definition) is 1. The zero-order chi connectivity index (χ0) is 16.1. The molecule has 0 aromatic heterocycles. The zero-order valence-corrected chi connectivity index (χ0v) is 13.7. The minimum atomic E-state index is 0.534. The molecule has 0 spiro atoms. The lowest BCUT2D eigenvalue weighted by atomic mass is 10.2. The highest BCUT2D eigenvalue weighted by Crippen LogP contribution is 2.32. The molecule has 23 heavy (non-hydrogen) atoms. The Morgan fingerprint density at radius 1 is 1.00 bits per heavy atom. The van der Waals surface area contributed by atoms with Crippen LogP contribution in [-0.4, -0.2) is 19.8 Å². The van der Waals surface area contributed by atoms with Crippen molar-refractivity contribution in [3.63, 3.8) is 0 Å². The summed E-state index contributed by atoms with van der Waals surface area (Å²) >= 11 is 0. The summed E-state index contributed by atoms with van der Waals surface area (Å²) in [6.45, 7) is 7.01. The first-order chi connectivity index (χ1) is 11.2. The van der Waals surface area contributed by atoms with Gasteiger partial charge in [-0.3, -0.25) is 0 Å². The number of ether oxygens (including phenoxy) is 3. The lowest BCUT2D eigenvalue weighted by molar-refractivity contribution is 0.171. The van der Waals surface area contributed by atoms with Gasteiger partial charge in [0.05, 0.1) is 6.61 Å². The molecular formula is C19H23NO3. The van der Waals surface area contributed by atoms with Crippen LogP contribution in [0.4, 0.5) is 5.69 Å². The van der Waals surface area contributed by atoms with Crippen molar-refractivity contribution in [3.05, 3.63) is 48.0 Å². The van der Waals surface area contributed by atoms with Gasteiger partial charge >= 0.3 is 0 Å². The van der Waals surface area contributed by atoms with Gasteiger partial charge in [0.2, 0.25) is 0 Å². The summed E-state index contributed by atoms with van der Waals surface area (Å²) in [4.78, 5) is 0. The van der Waals surface area contributed by atoms with E-state index in [1.54, 1.807) is 0 Å². The van der Waals surface area contributed by atoms with Gasteiger partial charge in [-0.2, -0.15) is 0 Å². The molecule has 0 bridgehead atoms. The molecule has 0 fully saturated rings. The topological polar surface area (TPSA) is 39.7 Å². The van der Waals surface area contributed by atoms with Crippen LogP contribution in [0.1, 0.15) is 19.4 Å². The average Bonchev–Trinajstić information content (AvgIpc) is 2.59. The maximum atomic E-state index is 5.70. The van der Waals surface area contributed by atoms with E-state index >= 15 is 0 Å². The predicted octanol–water partition coefficient (Wildman–Crippen LogP) is 4.10. The minimum Gasteiger partial charge on any atom is -0.493 e. The van der Waals surface area contributed by atoms with Crippen LogP contribution in [0.15, 0.2) is 42.5 Å². The molecule has 1 aliphatic rings. The fourth-order valence-corrected chi connectivity index (χ4v) is 2.32. The minimum absolute atomic E-state index is 0.534. The highest BCUT2D eigenvalue weighted by molar-refractivity contribution is 5.55. The second-order valence-electron chi connectivity index (χ2n) is 6.06. The van der Waals surface area contributed by atoms with Crippen molar-refractivity contribution in [3.8, 4) is 17.2 Å². The fourth-order valence-electron chi connectivity index (χ4n) is 2.32. The first-order valence-corrected chi connectivity index (χ1v) is 8.06.